The van der Waals surface area contributed by atoms with Gasteiger partial charge in [0.15, 0.2) is 0 Å². The fourth-order valence-electron chi connectivity index (χ4n) is 2.43. The third-order valence-electron chi connectivity index (χ3n) is 3.95. The zero-order valence-electron chi connectivity index (χ0n) is 9.84. The summed E-state index contributed by atoms with van der Waals surface area (Å²) in [5.41, 5.74) is -0.269. The molecule has 1 aliphatic carbocycles. The van der Waals surface area contributed by atoms with Crippen LogP contribution in [0.3, 0.4) is 0 Å². The summed E-state index contributed by atoms with van der Waals surface area (Å²) in [5, 5.41) is 13.2. The maximum Gasteiger partial charge on any atom is 0.0662 e. The average molecular weight is 212 g/mol. The third-order valence-corrected chi connectivity index (χ3v) is 3.95. The summed E-state index contributed by atoms with van der Waals surface area (Å²) in [6.45, 7) is 3.50. The Bertz CT molecular complexity index is 204. The Morgan fingerprint density at radius 3 is 2.80 bits per heavy atom. The van der Waals surface area contributed by atoms with E-state index < -0.39 is 0 Å². The molecule has 0 spiro atoms. The predicted octanol–water partition coefficient (Wildman–Crippen LogP) is 0.975. The van der Waals surface area contributed by atoms with E-state index in [9.17, 15) is 5.11 Å². The standard InChI is InChI=1S/C12H24N2O/c1-13-11-3-2-8-14(9-4-11)10-7-12(15)5-6-12/h11,13,15H,2-10H2,1H3. The second-order valence-corrected chi connectivity index (χ2v) is 5.23. The third kappa shape index (κ3) is 3.44. The van der Waals surface area contributed by atoms with Gasteiger partial charge in [-0.25, -0.2) is 0 Å². The van der Waals surface area contributed by atoms with Crippen LogP contribution in [0.25, 0.3) is 0 Å². The summed E-state index contributed by atoms with van der Waals surface area (Å²) in [6, 6.07) is 0.707. The van der Waals surface area contributed by atoms with Crippen LogP contribution >= 0.6 is 0 Å². The van der Waals surface area contributed by atoms with Crippen molar-refractivity contribution in [1.82, 2.24) is 10.2 Å². The number of aliphatic hydroxyl groups is 1. The molecule has 1 saturated carbocycles. The Morgan fingerprint density at radius 1 is 1.33 bits per heavy atom. The van der Waals surface area contributed by atoms with Gasteiger partial charge in [0.2, 0.25) is 0 Å². The van der Waals surface area contributed by atoms with E-state index >= 15 is 0 Å². The van der Waals surface area contributed by atoms with Gasteiger partial charge in [-0.3, -0.25) is 0 Å². The zero-order valence-corrected chi connectivity index (χ0v) is 9.84. The van der Waals surface area contributed by atoms with Gasteiger partial charge in [-0.1, -0.05) is 0 Å². The summed E-state index contributed by atoms with van der Waals surface area (Å²) < 4.78 is 0. The lowest BCUT2D eigenvalue weighted by molar-refractivity contribution is 0.119. The van der Waals surface area contributed by atoms with Crippen LogP contribution in [0.1, 0.15) is 38.5 Å². The number of nitrogens with one attached hydrogen (secondary N) is 1. The van der Waals surface area contributed by atoms with Crippen LogP contribution in [0, 0.1) is 0 Å². The second kappa shape index (κ2) is 4.81. The number of nitrogens with zero attached hydrogens (tertiary/aromatic N) is 1. The molecular formula is C12H24N2O. The van der Waals surface area contributed by atoms with E-state index in [4.69, 9.17) is 0 Å². The van der Waals surface area contributed by atoms with E-state index in [0.717, 1.165) is 25.8 Å². The molecule has 0 amide bonds. The van der Waals surface area contributed by atoms with Crippen molar-refractivity contribution in [2.45, 2.75) is 50.2 Å². The molecule has 1 saturated heterocycles. The predicted molar refractivity (Wildman–Crippen MR) is 61.9 cm³/mol. The first-order valence-corrected chi connectivity index (χ1v) is 6.34. The van der Waals surface area contributed by atoms with Crippen molar-refractivity contribution < 1.29 is 5.11 Å². The van der Waals surface area contributed by atoms with E-state index in [2.05, 4.69) is 17.3 Å². The molecule has 2 N–H and O–H groups in total. The fourth-order valence-corrected chi connectivity index (χ4v) is 2.43. The minimum atomic E-state index is -0.269. The zero-order chi connectivity index (χ0) is 10.7. The van der Waals surface area contributed by atoms with Gasteiger partial charge in [-0.2, -0.15) is 0 Å². The molecule has 15 heavy (non-hydrogen) atoms. The van der Waals surface area contributed by atoms with Crippen molar-refractivity contribution in [2.75, 3.05) is 26.7 Å². The summed E-state index contributed by atoms with van der Waals surface area (Å²) >= 11 is 0. The van der Waals surface area contributed by atoms with Crippen molar-refractivity contribution in [1.29, 1.82) is 0 Å². The molecular weight excluding hydrogens is 188 g/mol. The smallest absolute Gasteiger partial charge is 0.0662 e. The minimum Gasteiger partial charge on any atom is -0.390 e. The van der Waals surface area contributed by atoms with Crippen molar-refractivity contribution in [3.8, 4) is 0 Å². The van der Waals surface area contributed by atoms with E-state index in [0.29, 0.717) is 6.04 Å². The van der Waals surface area contributed by atoms with Crippen LogP contribution in [-0.4, -0.2) is 48.3 Å². The summed E-state index contributed by atoms with van der Waals surface area (Å²) in [5.74, 6) is 0. The van der Waals surface area contributed by atoms with Gasteiger partial charge >= 0.3 is 0 Å². The van der Waals surface area contributed by atoms with E-state index in [-0.39, 0.29) is 5.60 Å². The van der Waals surface area contributed by atoms with Gasteiger partial charge in [0, 0.05) is 12.6 Å². The Morgan fingerprint density at radius 2 is 2.13 bits per heavy atom. The van der Waals surface area contributed by atoms with Gasteiger partial charge in [-0.15, -0.1) is 0 Å². The highest BCUT2D eigenvalue weighted by atomic mass is 16.3. The average Bonchev–Trinajstić information content (AvgIpc) is 2.99. The first-order valence-electron chi connectivity index (χ1n) is 6.34. The molecule has 0 aromatic rings. The van der Waals surface area contributed by atoms with Gasteiger partial charge in [-0.05, 0) is 58.7 Å². The molecule has 0 aromatic carbocycles. The Hall–Kier alpha value is -0.120. The monoisotopic (exact) mass is 212 g/mol. The Labute approximate surface area is 92.8 Å². The number of hydrogen-bond acceptors (Lipinski definition) is 3. The van der Waals surface area contributed by atoms with Crippen LogP contribution in [-0.2, 0) is 0 Å². The van der Waals surface area contributed by atoms with Gasteiger partial charge in [0.05, 0.1) is 5.60 Å². The van der Waals surface area contributed by atoms with Gasteiger partial charge in [0.1, 0.15) is 0 Å². The first-order chi connectivity index (χ1) is 7.22. The molecule has 1 unspecified atom stereocenters. The van der Waals surface area contributed by atoms with E-state index in [1.165, 1.54) is 32.4 Å². The van der Waals surface area contributed by atoms with Crippen LogP contribution in [0.2, 0.25) is 0 Å². The highest BCUT2D eigenvalue weighted by molar-refractivity contribution is 4.93. The van der Waals surface area contributed by atoms with Crippen LogP contribution in [0.4, 0.5) is 0 Å². The van der Waals surface area contributed by atoms with Crippen LogP contribution in [0.15, 0.2) is 0 Å². The Balaban J connectivity index is 1.68. The van der Waals surface area contributed by atoms with Gasteiger partial charge in [0.25, 0.3) is 0 Å². The van der Waals surface area contributed by atoms with Crippen molar-refractivity contribution in [3.63, 3.8) is 0 Å². The molecule has 1 aliphatic heterocycles. The van der Waals surface area contributed by atoms with E-state index in [1.807, 2.05) is 0 Å². The van der Waals surface area contributed by atoms with Crippen molar-refractivity contribution in [3.05, 3.63) is 0 Å². The van der Waals surface area contributed by atoms with Crippen molar-refractivity contribution in [2.24, 2.45) is 0 Å². The fraction of sp³-hybridized carbons (Fsp3) is 1.00. The van der Waals surface area contributed by atoms with Gasteiger partial charge < -0.3 is 15.3 Å². The molecule has 3 nitrogen and oxygen atoms in total. The Kier molecular flexibility index (Phi) is 3.65. The SMILES string of the molecule is CNC1CCCN(CCC2(O)CC2)CC1. The van der Waals surface area contributed by atoms with Crippen molar-refractivity contribution >= 4 is 0 Å². The molecule has 3 heteroatoms. The number of rotatable bonds is 4. The molecule has 88 valence electrons. The number of hydrogen-bond donors (Lipinski definition) is 2. The lowest BCUT2D eigenvalue weighted by Crippen LogP contribution is -2.30. The molecule has 2 rings (SSSR count). The molecule has 1 heterocycles. The highest BCUT2D eigenvalue weighted by Crippen LogP contribution is 2.38. The van der Waals surface area contributed by atoms with E-state index in [1.54, 1.807) is 0 Å². The molecule has 2 fully saturated rings. The molecule has 1 atom stereocenters. The van der Waals surface area contributed by atoms with Crippen LogP contribution in [0.5, 0.6) is 0 Å². The molecule has 0 aromatic heterocycles. The lowest BCUT2D eigenvalue weighted by atomic mass is 10.1. The second-order valence-electron chi connectivity index (χ2n) is 5.23. The molecule has 0 radical (unpaired) electrons. The highest BCUT2D eigenvalue weighted by Gasteiger charge is 2.39. The quantitative estimate of drug-likeness (QED) is 0.729. The lowest BCUT2D eigenvalue weighted by Gasteiger charge is -2.21. The summed E-state index contributed by atoms with van der Waals surface area (Å²) in [7, 11) is 2.06. The summed E-state index contributed by atoms with van der Waals surface area (Å²) in [6.07, 6.45) is 6.90. The molecule has 2 aliphatic rings. The maximum absolute atomic E-state index is 9.79. The van der Waals surface area contributed by atoms with Crippen LogP contribution < -0.4 is 5.32 Å². The summed E-state index contributed by atoms with van der Waals surface area (Å²) in [4.78, 5) is 2.52. The maximum atomic E-state index is 9.79. The topological polar surface area (TPSA) is 35.5 Å². The molecule has 0 bridgehead atoms. The number of likely N-dealkylation sites (tertiary alicyclic amines) is 1. The minimum absolute atomic E-state index is 0.269. The largest absolute Gasteiger partial charge is 0.390 e. The first kappa shape index (κ1) is 11.4. The normalized spacial score (nSPS) is 31.2.